The maximum absolute atomic E-state index is 13.9. The van der Waals surface area contributed by atoms with E-state index in [2.05, 4.69) is 0 Å². The van der Waals surface area contributed by atoms with Gasteiger partial charge in [-0.25, -0.2) is 8.78 Å². The molecule has 0 spiro atoms. The SMILES string of the molecule is CC(C)(CO)c1c(F)cc(F)c2c1OCCC2. The van der Waals surface area contributed by atoms with Crippen LogP contribution in [-0.2, 0) is 11.8 Å². The summed E-state index contributed by atoms with van der Waals surface area (Å²) in [6, 6.07) is 0.889. The van der Waals surface area contributed by atoms with Crippen LogP contribution in [0.5, 0.6) is 5.75 Å². The second-order valence-corrected chi connectivity index (χ2v) is 5.02. The molecule has 0 saturated heterocycles. The number of ether oxygens (including phenoxy) is 1. The summed E-state index contributed by atoms with van der Waals surface area (Å²) >= 11 is 0. The van der Waals surface area contributed by atoms with Crippen LogP contribution in [0.4, 0.5) is 8.78 Å². The summed E-state index contributed by atoms with van der Waals surface area (Å²) in [6.07, 6.45) is 1.28. The Bertz CT molecular complexity index is 442. The molecule has 1 heterocycles. The van der Waals surface area contributed by atoms with Gasteiger partial charge >= 0.3 is 0 Å². The maximum atomic E-state index is 13.9. The third-order valence-corrected chi connectivity index (χ3v) is 3.17. The van der Waals surface area contributed by atoms with E-state index in [0.29, 0.717) is 18.6 Å². The van der Waals surface area contributed by atoms with Gasteiger partial charge < -0.3 is 9.84 Å². The number of benzene rings is 1. The number of hydrogen-bond acceptors (Lipinski definition) is 2. The molecule has 1 N–H and O–H groups in total. The van der Waals surface area contributed by atoms with Crippen molar-refractivity contribution in [2.45, 2.75) is 32.1 Å². The van der Waals surface area contributed by atoms with E-state index in [0.717, 1.165) is 12.5 Å². The first-order chi connectivity index (χ1) is 7.97. The van der Waals surface area contributed by atoms with Gasteiger partial charge in [0.1, 0.15) is 17.4 Å². The molecule has 0 unspecified atom stereocenters. The van der Waals surface area contributed by atoms with Crippen molar-refractivity contribution >= 4 is 0 Å². The van der Waals surface area contributed by atoms with Crippen LogP contribution >= 0.6 is 0 Å². The van der Waals surface area contributed by atoms with Crippen molar-refractivity contribution in [1.82, 2.24) is 0 Å². The zero-order valence-corrected chi connectivity index (χ0v) is 10.0. The fraction of sp³-hybridized carbons (Fsp3) is 0.538. The van der Waals surface area contributed by atoms with Gasteiger partial charge in [0.2, 0.25) is 0 Å². The van der Waals surface area contributed by atoms with Gasteiger partial charge in [-0.05, 0) is 12.8 Å². The fourth-order valence-electron chi connectivity index (χ4n) is 2.16. The van der Waals surface area contributed by atoms with Gasteiger partial charge in [-0.3, -0.25) is 0 Å². The Kier molecular flexibility index (Phi) is 3.08. The average Bonchev–Trinajstić information content (AvgIpc) is 2.29. The number of halogens is 2. The number of aliphatic hydroxyl groups excluding tert-OH is 1. The van der Waals surface area contributed by atoms with Crippen LogP contribution < -0.4 is 4.74 Å². The van der Waals surface area contributed by atoms with E-state index in [1.807, 2.05) is 0 Å². The first kappa shape index (κ1) is 12.3. The lowest BCUT2D eigenvalue weighted by atomic mass is 9.82. The van der Waals surface area contributed by atoms with Crippen LogP contribution in [0.1, 0.15) is 31.4 Å². The predicted molar refractivity (Wildman–Crippen MR) is 60.3 cm³/mol. The lowest BCUT2D eigenvalue weighted by Gasteiger charge is -2.29. The molecule has 2 nitrogen and oxygen atoms in total. The van der Waals surface area contributed by atoms with Crippen LogP contribution in [0.3, 0.4) is 0 Å². The molecular weight excluding hydrogens is 226 g/mol. The Morgan fingerprint density at radius 2 is 2.06 bits per heavy atom. The van der Waals surface area contributed by atoms with E-state index in [9.17, 15) is 13.9 Å². The van der Waals surface area contributed by atoms with E-state index in [1.54, 1.807) is 13.8 Å². The van der Waals surface area contributed by atoms with Crippen LogP contribution in [0.2, 0.25) is 0 Å². The molecule has 0 amide bonds. The van der Waals surface area contributed by atoms with Crippen LogP contribution in [-0.4, -0.2) is 18.3 Å². The van der Waals surface area contributed by atoms with Gasteiger partial charge in [0.15, 0.2) is 0 Å². The van der Waals surface area contributed by atoms with Crippen molar-refractivity contribution in [3.8, 4) is 5.75 Å². The number of aliphatic hydroxyl groups is 1. The fourth-order valence-corrected chi connectivity index (χ4v) is 2.16. The molecule has 1 aliphatic heterocycles. The lowest BCUT2D eigenvalue weighted by molar-refractivity contribution is 0.203. The molecule has 0 atom stereocenters. The highest BCUT2D eigenvalue weighted by atomic mass is 19.1. The minimum atomic E-state index is -0.779. The quantitative estimate of drug-likeness (QED) is 0.863. The second kappa shape index (κ2) is 4.26. The van der Waals surface area contributed by atoms with Gasteiger partial charge in [0, 0.05) is 22.6 Å². The molecule has 0 aromatic heterocycles. The van der Waals surface area contributed by atoms with Crippen LogP contribution in [0.15, 0.2) is 6.07 Å². The lowest BCUT2D eigenvalue weighted by Crippen LogP contribution is -2.27. The van der Waals surface area contributed by atoms with E-state index < -0.39 is 17.0 Å². The van der Waals surface area contributed by atoms with Crippen molar-refractivity contribution in [3.05, 3.63) is 28.8 Å². The van der Waals surface area contributed by atoms with E-state index in [4.69, 9.17) is 4.74 Å². The van der Waals surface area contributed by atoms with Crippen molar-refractivity contribution in [1.29, 1.82) is 0 Å². The monoisotopic (exact) mass is 242 g/mol. The highest BCUT2D eigenvalue weighted by molar-refractivity contribution is 5.48. The Morgan fingerprint density at radius 3 is 2.71 bits per heavy atom. The summed E-state index contributed by atoms with van der Waals surface area (Å²) in [5.41, 5.74) is -0.0792. The van der Waals surface area contributed by atoms with Crippen molar-refractivity contribution < 1.29 is 18.6 Å². The molecule has 0 radical (unpaired) electrons. The number of hydrogen-bond donors (Lipinski definition) is 1. The third kappa shape index (κ3) is 2.02. The Hall–Kier alpha value is -1.16. The summed E-state index contributed by atoms with van der Waals surface area (Å²) in [6.45, 7) is 3.67. The third-order valence-electron chi connectivity index (χ3n) is 3.17. The molecule has 94 valence electrons. The zero-order chi connectivity index (χ0) is 12.6. The topological polar surface area (TPSA) is 29.5 Å². The highest BCUT2D eigenvalue weighted by Crippen LogP contribution is 2.39. The van der Waals surface area contributed by atoms with Crippen molar-refractivity contribution in [2.24, 2.45) is 0 Å². The largest absolute Gasteiger partial charge is 0.493 e. The molecule has 2 rings (SSSR count). The zero-order valence-electron chi connectivity index (χ0n) is 10.0. The highest BCUT2D eigenvalue weighted by Gasteiger charge is 2.32. The molecule has 0 aliphatic carbocycles. The van der Waals surface area contributed by atoms with E-state index in [-0.39, 0.29) is 17.9 Å². The van der Waals surface area contributed by atoms with E-state index in [1.165, 1.54) is 0 Å². The van der Waals surface area contributed by atoms with Crippen molar-refractivity contribution in [2.75, 3.05) is 13.2 Å². The van der Waals surface area contributed by atoms with Gasteiger partial charge in [0.05, 0.1) is 13.2 Å². The first-order valence-electron chi connectivity index (χ1n) is 5.72. The summed E-state index contributed by atoms with van der Waals surface area (Å²) in [5, 5.41) is 9.33. The molecule has 4 heteroatoms. The number of rotatable bonds is 2. The first-order valence-corrected chi connectivity index (χ1v) is 5.72. The standard InChI is InChI=1S/C13H16F2O2/c1-13(2,7-16)11-10(15)6-9(14)8-4-3-5-17-12(8)11/h6,16H,3-5,7H2,1-2H3. The van der Waals surface area contributed by atoms with Crippen molar-refractivity contribution in [3.63, 3.8) is 0 Å². The summed E-state index contributed by atoms with van der Waals surface area (Å²) in [7, 11) is 0. The van der Waals surface area contributed by atoms with E-state index >= 15 is 0 Å². The molecule has 1 aliphatic rings. The molecular formula is C13H16F2O2. The predicted octanol–water partition coefficient (Wildman–Crippen LogP) is 2.56. The molecule has 0 fully saturated rings. The molecule has 1 aromatic carbocycles. The van der Waals surface area contributed by atoms with Gasteiger partial charge in [-0.1, -0.05) is 13.8 Å². The summed E-state index contributed by atoms with van der Waals surface area (Å²) in [5.74, 6) is -0.926. The Labute approximate surface area is 99.2 Å². The number of fused-ring (bicyclic) bond motifs is 1. The van der Waals surface area contributed by atoms with Gasteiger partial charge in [0.25, 0.3) is 0 Å². The Balaban J connectivity index is 2.66. The molecule has 1 aromatic rings. The normalized spacial score (nSPS) is 15.4. The maximum Gasteiger partial charge on any atom is 0.133 e. The molecule has 17 heavy (non-hydrogen) atoms. The average molecular weight is 242 g/mol. The second-order valence-electron chi connectivity index (χ2n) is 5.02. The summed E-state index contributed by atoms with van der Waals surface area (Å²) in [4.78, 5) is 0. The minimum absolute atomic E-state index is 0.217. The molecule has 0 saturated carbocycles. The van der Waals surface area contributed by atoms with Gasteiger partial charge in [-0.2, -0.15) is 0 Å². The minimum Gasteiger partial charge on any atom is -0.493 e. The Morgan fingerprint density at radius 1 is 1.35 bits per heavy atom. The van der Waals surface area contributed by atoms with Crippen LogP contribution in [0.25, 0.3) is 0 Å². The van der Waals surface area contributed by atoms with Gasteiger partial charge in [-0.15, -0.1) is 0 Å². The van der Waals surface area contributed by atoms with Crippen LogP contribution in [0, 0.1) is 11.6 Å². The smallest absolute Gasteiger partial charge is 0.133 e. The summed E-state index contributed by atoms with van der Waals surface area (Å²) < 4.78 is 32.9. The molecule has 0 bridgehead atoms.